The summed E-state index contributed by atoms with van der Waals surface area (Å²) in [5, 5.41) is 0.0672. The fourth-order valence-electron chi connectivity index (χ4n) is 2.81. The molecule has 6 heteroatoms. The summed E-state index contributed by atoms with van der Waals surface area (Å²) in [6, 6.07) is 9.96. The van der Waals surface area contributed by atoms with E-state index in [9.17, 15) is 9.18 Å². The molecule has 0 aliphatic heterocycles. The van der Waals surface area contributed by atoms with Crippen molar-refractivity contribution in [3.8, 4) is 0 Å². The highest BCUT2D eigenvalue weighted by molar-refractivity contribution is 6.32. The number of aliphatic imine (C=N–C) groups is 1. The lowest BCUT2D eigenvalue weighted by Gasteiger charge is -2.20. The first-order chi connectivity index (χ1) is 11.5. The SMILES string of the molecule is NC(N)=NC(=O)c1ccc2c(c1)C(c1cccc(F)c1Cl)=CCC2. The average molecular weight is 344 g/mol. The molecule has 0 fully saturated rings. The lowest BCUT2D eigenvalue weighted by molar-refractivity contribution is 0.100. The van der Waals surface area contributed by atoms with Gasteiger partial charge in [-0.15, -0.1) is 0 Å². The normalized spacial score (nSPS) is 13.0. The minimum absolute atomic E-state index is 0.0672. The van der Waals surface area contributed by atoms with Gasteiger partial charge in [-0.25, -0.2) is 4.39 Å². The van der Waals surface area contributed by atoms with Crippen molar-refractivity contribution in [2.45, 2.75) is 12.8 Å². The maximum absolute atomic E-state index is 13.8. The van der Waals surface area contributed by atoms with E-state index in [0.29, 0.717) is 11.1 Å². The van der Waals surface area contributed by atoms with E-state index in [2.05, 4.69) is 4.99 Å². The molecule has 0 aromatic heterocycles. The van der Waals surface area contributed by atoms with E-state index in [-0.39, 0.29) is 11.0 Å². The highest BCUT2D eigenvalue weighted by Crippen LogP contribution is 2.36. The summed E-state index contributed by atoms with van der Waals surface area (Å²) in [4.78, 5) is 15.6. The van der Waals surface area contributed by atoms with E-state index >= 15 is 0 Å². The molecule has 1 aliphatic carbocycles. The predicted octanol–water partition coefficient (Wildman–Crippen LogP) is 3.27. The van der Waals surface area contributed by atoms with Gasteiger partial charge in [-0.3, -0.25) is 4.79 Å². The molecule has 4 nitrogen and oxygen atoms in total. The van der Waals surface area contributed by atoms with Crippen molar-refractivity contribution in [3.05, 3.63) is 75.6 Å². The first-order valence-electron chi connectivity index (χ1n) is 7.39. The molecule has 0 radical (unpaired) electrons. The number of amides is 1. The largest absolute Gasteiger partial charge is 0.370 e. The van der Waals surface area contributed by atoms with Crippen molar-refractivity contribution >= 4 is 29.0 Å². The summed E-state index contributed by atoms with van der Waals surface area (Å²) < 4.78 is 13.8. The summed E-state index contributed by atoms with van der Waals surface area (Å²) in [5.74, 6) is -1.29. The summed E-state index contributed by atoms with van der Waals surface area (Å²) in [6.45, 7) is 0. The number of nitrogens with zero attached hydrogens (tertiary/aromatic N) is 1. The summed E-state index contributed by atoms with van der Waals surface area (Å²) in [6.07, 6.45) is 3.65. The number of rotatable bonds is 2. The topological polar surface area (TPSA) is 81.5 Å². The van der Waals surface area contributed by atoms with Gasteiger partial charge in [0.25, 0.3) is 5.91 Å². The number of nitrogens with two attached hydrogens (primary N) is 2. The van der Waals surface area contributed by atoms with Crippen LogP contribution in [-0.4, -0.2) is 11.9 Å². The van der Waals surface area contributed by atoms with E-state index in [0.717, 1.165) is 29.5 Å². The van der Waals surface area contributed by atoms with E-state index in [1.54, 1.807) is 24.3 Å². The maximum atomic E-state index is 13.8. The van der Waals surface area contributed by atoms with Crippen molar-refractivity contribution in [2.24, 2.45) is 16.5 Å². The lowest BCUT2D eigenvalue weighted by atomic mass is 9.86. The van der Waals surface area contributed by atoms with E-state index in [1.165, 1.54) is 6.07 Å². The Bertz CT molecular complexity index is 886. The van der Waals surface area contributed by atoms with Crippen molar-refractivity contribution in [1.29, 1.82) is 0 Å². The number of guanidine groups is 1. The van der Waals surface area contributed by atoms with Gasteiger partial charge in [-0.2, -0.15) is 4.99 Å². The van der Waals surface area contributed by atoms with E-state index < -0.39 is 11.7 Å². The predicted molar refractivity (Wildman–Crippen MR) is 93.4 cm³/mol. The second-order valence-corrected chi connectivity index (χ2v) is 5.85. The van der Waals surface area contributed by atoms with E-state index in [4.69, 9.17) is 23.1 Å². The Morgan fingerprint density at radius 3 is 2.71 bits per heavy atom. The molecule has 0 bridgehead atoms. The number of halogens is 2. The molecule has 0 saturated heterocycles. The molecule has 4 N–H and O–H groups in total. The molecule has 0 heterocycles. The van der Waals surface area contributed by atoms with Crippen LogP contribution in [0.2, 0.25) is 5.02 Å². The molecule has 2 aromatic rings. The Hall–Kier alpha value is -2.66. The quantitative estimate of drug-likeness (QED) is 0.648. The molecule has 1 amide bonds. The van der Waals surface area contributed by atoms with Gasteiger partial charge >= 0.3 is 0 Å². The number of benzene rings is 2. The van der Waals surface area contributed by atoms with Crippen molar-refractivity contribution < 1.29 is 9.18 Å². The second-order valence-electron chi connectivity index (χ2n) is 5.47. The number of fused-ring (bicyclic) bond motifs is 1. The van der Waals surface area contributed by atoms with Crippen molar-refractivity contribution in [2.75, 3.05) is 0 Å². The summed E-state index contributed by atoms with van der Waals surface area (Å²) in [7, 11) is 0. The maximum Gasteiger partial charge on any atom is 0.280 e. The first-order valence-corrected chi connectivity index (χ1v) is 7.77. The smallest absolute Gasteiger partial charge is 0.280 e. The van der Waals surface area contributed by atoms with Gasteiger partial charge in [0.1, 0.15) is 5.82 Å². The van der Waals surface area contributed by atoms with Crippen LogP contribution in [0.25, 0.3) is 5.57 Å². The molecule has 24 heavy (non-hydrogen) atoms. The molecule has 2 aromatic carbocycles. The Labute approximate surface area is 143 Å². The minimum atomic E-state index is -0.520. The Morgan fingerprint density at radius 1 is 1.17 bits per heavy atom. The fraction of sp³-hybridized carbons (Fsp3) is 0.111. The van der Waals surface area contributed by atoms with Crippen LogP contribution in [0.15, 0.2) is 47.5 Å². The first kappa shape index (κ1) is 16.2. The lowest BCUT2D eigenvalue weighted by Crippen LogP contribution is -2.24. The second kappa shape index (κ2) is 6.45. The third-order valence-corrected chi connectivity index (χ3v) is 4.27. The molecule has 122 valence electrons. The average Bonchev–Trinajstić information content (AvgIpc) is 2.56. The third-order valence-electron chi connectivity index (χ3n) is 3.88. The third kappa shape index (κ3) is 3.03. The zero-order valence-electron chi connectivity index (χ0n) is 12.7. The standard InChI is InChI=1S/C18H15ClFN3O/c19-16-13(5-2-6-15(16)20)12-4-1-3-10-7-8-11(9-14(10)12)17(24)23-18(21)22/h2,4-9H,1,3H2,(H4,21,22,23,24). The van der Waals surface area contributed by atoms with Crippen LogP contribution in [-0.2, 0) is 6.42 Å². The molecule has 3 rings (SSSR count). The van der Waals surface area contributed by atoms with Crippen LogP contribution >= 0.6 is 11.6 Å². The van der Waals surface area contributed by atoms with Crippen LogP contribution in [0.4, 0.5) is 4.39 Å². The van der Waals surface area contributed by atoms with Crippen LogP contribution < -0.4 is 11.5 Å². The molecular formula is C18H15ClFN3O. The molecular weight excluding hydrogens is 329 g/mol. The van der Waals surface area contributed by atoms with Gasteiger partial charge < -0.3 is 11.5 Å². The molecule has 0 unspecified atom stereocenters. The highest BCUT2D eigenvalue weighted by Gasteiger charge is 2.19. The summed E-state index contributed by atoms with van der Waals surface area (Å²) >= 11 is 6.13. The zero-order valence-corrected chi connectivity index (χ0v) is 13.5. The van der Waals surface area contributed by atoms with Crippen molar-refractivity contribution in [1.82, 2.24) is 0 Å². The molecule has 0 atom stereocenters. The number of hydrogen-bond donors (Lipinski definition) is 2. The minimum Gasteiger partial charge on any atom is -0.370 e. The molecule has 0 saturated carbocycles. The van der Waals surface area contributed by atoms with Gasteiger partial charge in [0, 0.05) is 11.1 Å². The molecule has 0 spiro atoms. The number of carbonyl (C=O) groups is 1. The van der Waals surface area contributed by atoms with Gasteiger partial charge in [-0.05, 0) is 47.7 Å². The van der Waals surface area contributed by atoms with Crippen LogP contribution in [0.5, 0.6) is 0 Å². The Balaban J connectivity index is 2.11. The van der Waals surface area contributed by atoms with Crippen molar-refractivity contribution in [3.63, 3.8) is 0 Å². The van der Waals surface area contributed by atoms with Gasteiger partial charge in [0.2, 0.25) is 0 Å². The zero-order chi connectivity index (χ0) is 17.3. The molecule has 1 aliphatic rings. The number of aryl methyl sites for hydroxylation is 1. The van der Waals surface area contributed by atoms with Crippen LogP contribution in [0, 0.1) is 5.82 Å². The van der Waals surface area contributed by atoms with E-state index in [1.807, 2.05) is 12.1 Å². The number of hydrogen-bond acceptors (Lipinski definition) is 1. The van der Waals surface area contributed by atoms with Gasteiger partial charge in [0.05, 0.1) is 5.02 Å². The van der Waals surface area contributed by atoms with Crippen LogP contribution in [0.1, 0.15) is 33.5 Å². The number of allylic oxidation sites excluding steroid dienone is 1. The van der Waals surface area contributed by atoms with Gasteiger partial charge in [-0.1, -0.05) is 35.9 Å². The monoisotopic (exact) mass is 343 g/mol. The van der Waals surface area contributed by atoms with Crippen LogP contribution in [0.3, 0.4) is 0 Å². The fourth-order valence-corrected chi connectivity index (χ4v) is 3.04. The van der Waals surface area contributed by atoms with Gasteiger partial charge in [0.15, 0.2) is 5.96 Å². The summed E-state index contributed by atoms with van der Waals surface area (Å²) in [5.41, 5.74) is 14.2. The Kier molecular flexibility index (Phi) is 4.36. The highest BCUT2D eigenvalue weighted by atomic mass is 35.5. The Morgan fingerprint density at radius 2 is 1.96 bits per heavy atom. The number of carbonyl (C=O) groups excluding carboxylic acids is 1.